The summed E-state index contributed by atoms with van der Waals surface area (Å²) in [5, 5.41) is 7.27. The molecule has 18 heavy (non-hydrogen) atoms. The van der Waals surface area contributed by atoms with Crippen LogP contribution in [0.4, 0.5) is 5.95 Å². The van der Waals surface area contributed by atoms with Crippen LogP contribution in [0.15, 0.2) is 0 Å². The molecular formula is C13H24N4S. The second kappa shape index (κ2) is 5.87. The standard InChI is InChI=1S/C13H24N4S/c1-4-10-6-8-11(9-7-10)16(3)12-14-15-13(18)17(12)5-2/h10-11H,4-9H2,1-3H3,(H,15,18). The number of hydrogen-bond donors (Lipinski definition) is 1. The molecule has 1 N–H and O–H groups in total. The highest BCUT2D eigenvalue weighted by Gasteiger charge is 2.25. The Morgan fingerprint density at radius 1 is 1.33 bits per heavy atom. The van der Waals surface area contributed by atoms with Crippen LogP contribution in [0.3, 0.4) is 0 Å². The van der Waals surface area contributed by atoms with Crippen molar-refractivity contribution in [2.75, 3.05) is 11.9 Å². The molecule has 2 rings (SSSR count). The summed E-state index contributed by atoms with van der Waals surface area (Å²) in [5.41, 5.74) is 0. The molecule has 1 heterocycles. The van der Waals surface area contributed by atoms with Gasteiger partial charge < -0.3 is 4.90 Å². The van der Waals surface area contributed by atoms with E-state index in [1.54, 1.807) is 0 Å². The zero-order valence-corrected chi connectivity index (χ0v) is 12.5. The Bertz CT molecular complexity index is 428. The van der Waals surface area contributed by atoms with Gasteiger partial charge >= 0.3 is 0 Å². The first-order chi connectivity index (χ1) is 8.67. The van der Waals surface area contributed by atoms with E-state index in [0.717, 1.165) is 23.2 Å². The van der Waals surface area contributed by atoms with Gasteiger partial charge in [0.1, 0.15) is 0 Å². The van der Waals surface area contributed by atoms with E-state index in [4.69, 9.17) is 12.2 Å². The van der Waals surface area contributed by atoms with Gasteiger partial charge in [-0.15, -0.1) is 5.10 Å². The Balaban J connectivity index is 2.07. The van der Waals surface area contributed by atoms with Gasteiger partial charge in [-0.2, -0.15) is 0 Å². The van der Waals surface area contributed by atoms with Crippen LogP contribution < -0.4 is 4.90 Å². The van der Waals surface area contributed by atoms with Gasteiger partial charge in [0.05, 0.1) is 0 Å². The predicted octanol–water partition coefficient (Wildman–Crippen LogP) is 3.37. The fraction of sp³-hybridized carbons (Fsp3) is 0.846. The summed E-state index contributed by atoms with van der Waals surface area (Å²) in [6.07, 6.45) is 6.58. The number of aromatic nitrogens is 3. The minimum absolute atomic E-state index is 0.614. The summed E-state index contributed by atoms with van der Waals surface area (Å²) in [6, 6.07) is 0.614. The second-order valence-corrected chi connectivity index (χ2v) is 5.65. The predicted molar refractivity (Wildman–Crippen MR) is 77.5 cm³/mol. The van der Waals surface area contributed by atoms with Crippen molar-refractivity contribution < 1.29 is 0 Å². The SMILES string of the molecule is CCC1CCC(N(C)c2n[nH]c(=S)n2CC)CC1. The molecule has 0 aromatic carbocycles. The Hall–Kier alpha value is -0.840. The van der Waals surface area contributed by atoms with E-state index in [9.17, 15) is 0 Å². The largest absolute Gasteiger partial charge is 0.341 e. The van der Waals surface area contributed by atoms with Crippen molar-refractivity contribution in [3.05, 3.63) is 4.77 Å². The molecule has 0 bridgehead atoms. The molecule has 1 fully saturated rings. The molecule has 102 valence electrons. The van der Waals surface area contributed by atoms with Gasteiger partial charge in [0.2, 0.25) is 5.95 Å². The number of H-pyrrole nitrogens is 1. The Kier molecular flexibility index (Phi) is 4.43. The van der Waals surface area contributed by atoms with Crippen molar-refractivity contribution in [1.29, 1.82) is 0 Å². The topological polar surface area (TPSA) is 36.9 Å². The van der Waals surface area contributed by atoms with Crippen molar-refractivity contribution in [3.8, 4) is 0 Å². The van der Waals surface area contributed by atoms with E-state index in [1.165, 1.54) is 32.1 Å². The lowest BCUT2D eigenvalue weighted by Crippen LogP contribution is -2.36. The average molecular weight is 268 g/mol. The van der Waals surface area contributed by atoms with Gasteiger partial charge in [-0.05, 0) is 50.7 Å². The number of aromatic amines is 1. The fourth-order valence-corrected chi connectivity index (χ4v) is 3.22. The Morgan fingerprint density at radius 3 is 2.56 bits per heavy atom. The monoisotopic (exact) mass is 268 g/mol. The summed E-state index contributed by atoms with van der Waals surface area (Å²) in [6.45, 7) is 5.28. The molecule has 1 aromatic rings. The van der Waals surface area contributed by atoms with Crippen molar-refractivity contribution in [3.63, 3.8) is 0 Å². The van der Waals surface area contributed by atoms with Crippen molar-refractivity contribution in [1.82, 2.24) is 14.8 Å². The third-order valence-corrected chi connectivity index (χ3v) is 4.62. The van der Waals surface area contributed by atoms with Crippen LogP contribution in [0.1, 0.15) is 46.0 Å². The lowest BCUT2D eigenvalue weighted by atomic mass is 9.84. The maximum atomic E-state index is 5.25. The molecule has 0 saturated heterocycles. The number of rotatable bonds is 4. The number of hydrogen-bond acceptors (Lipinski definition) is 3. The molecular weight excluding hydrogens is 244 g/mol. The van der Waals surface area contributed by atoms with Crippen LogP contribution >= 0.6 is 12.2 Å². The van der Waals surface area contributed by atoms with E-state index < -0.39 is 0 Å². The molecule has 4 nitrogen and oxygen atoms in total. The summed E-state index contributed by atoms with van der Waals surface area (Å²) in [7, 11) is 2.15. The molecule has 1 aliphatic carbocycles. The van der Waals surface area contributed by atoms with Gasteiger partial charge in [-0.25, -0.2) is 5.10 Å². The molecule has 5 heteroatoms. The summed E-state index contributed by atoms with van der Waals surface area (Å²) in [4.78, 5) is 2.31. The molecule has 0 aliphatic heterocycles. The lowest BCUT2D eigenvalue weighted by molar-refractivity contribution is 0.311. The quantitative estimate of drug-likeness (QED) is 0.851. The van der Waals surface area contributed by atoms with Crippen LogP contribution in [-0.4, -0.2) is 27.9 Å². The van der Waals surface area contributed by atoms with Crippen LogP contribution in [0.2, 0.25) is 0 Å². The third kappa shape index (κ3) is 2.60. The zero-order chi connectivity index (χ0) is 13.1. The van der Waals surface area contributed by atoms with Gasteiger partial charge in [0.25, 0.3) is 0 Å². The first-order valence-electron chi connectivity index (χ1n) is 7.05. The minimum atomic E-state index is 0.614. The average Bonchev–Trinajstić information content (AvgIpc) is 2.79. The van der Waals surface area contributed by atoms with Gasteiger partial charge in [-0.3, -0.25) is 4.57 Å². The molecule has 0 spiro atoms. The maximum absolute atomic E-state index is 5.25. The highest BCUT2D eigenvalue weighted by Crippen LogP contribution is 2.30. The summed E-state index contributed by atoms with van der Waals surface area (Å²) in [5.74, 6) is 1.92. The van der Waals surface area contributed by atoms with Crippen LogP contribution in [-0.2, 0) is 6.54 Å². The van der Waals surface area contributed by atoms with E-state index in [1.807, 2.05) is 0 Å². The zero-order valence-electron chi connectivity index (χ0n) is 11.6. The number of nitrogens with zero attached hydrogens (tertiary/aromatic N) is 3. The first kappa shape index (κ1) is 13.6. The normalized spacial score (nSPS) is 24.2. The summed E-state index contributed by atoms with van der Waals surface area (Å²) >= 11 is 5.25. The highest BCUT2D eigenvalue weighted by molar-refractivity contribution is 7.71. The fourth-order valence-electron chi connectivity index (χ4n) is 2.97. The van der Waals surface area contributed by atoms with Gasteiger partial charge in [0.15, 0.2) is 4.77 Å². The van der Waals surface area contributed by atoms with Crippen molar-refractivity contribution >= 4 is 18.2 Å². The lowest BCUT2D eigenvalue weighted by Gasteiger charge is -2.34. The molecule has 0 unspecified atom stereocenters. The van der Waals surface area contributed by atoms with Crippen LogP contribution in [0.25, 0.3) is 0 Å². The third-order valence-electron chi connectivity index (χ3n) is 4.31. The van der Waals surface area contributed by atoms with Gasteiger partial charge in [0, 0.05) is 19.6 Å². The second-order valence-electron chi connectivity index (χ2n) is 5.27. The van der Waals surface area contributed by atoms with E-state index in [-0.39, 0.29) is 0 Å². The van der Waals surface area contributed by atoms with E-state index in [0.29, 0.717) is 6.04 Å². The molecule has 0 radical (unpaired) electrons. The molecule has 1 aromatic heterocycles. The Labute approximate surface area is 114 Å². The highest BCUT2D eigenvalue weighted by atomic mass is 32.1. The molecule has 1 aliphatic rings. The first-order valence-corrected chi connectivity index (χ1v) is 7.46. The summed E-state index contributed by atoms with van der Waals surface area (Å²) < 4.78 is 2.79. The van der Waals surface area contributed by atoms with Gasteiger partial charge in [-0.1, -0.05) is 13.3 Å². The molecule has 0 atom stereocenters. The number of anilines is 1. The Morgan fingerprint density at radius 2 is 2.00 bits per heavy atom. The molecule has 1 saturated carbocycles. The smallest absolute Gasteiger partial charge is 0.225 e. The van der Waals surface area contributed by atoms with Crippen LogP contribution in [0, 0.1) is 10.7 Å². The van der Waals surface area contributed by atoms with E-state index >= 15 is 0 Å². The molecule has 0 amide bonds. The van der Waals surface area contributed by atoms with Crippen LogP contribution in [0.5, 0.6) is 0 Å². The maximum Gasteiger partial charge on any atom is 0.225 e. The minimum Gasteiger partial charge on any atom is -0.341 e. The number of nitrogens with one attached hydrogen (secondary N) is 1. The van der Waals surface area contributed by atoms with E-state index in [2.05, 4.69) is 40.6 Å². The van der Waals surface area contributed by atoms with Crippen molar-refractivity contribution in [2.24, 2.45) is 5.92 Å². The van der Waals surface area contributed by atoms with Crippen molar-refractivity contribution in [2.45, 2.75) is 58.5 Å².